The molecule has 2 rings (SSSR count). The number of alkyl carbamates (subject to hydrolysis) is 1. The molecule has 6 nitrogen and oxygen atoms in total. The van der Waals surface area contributed by atoms with Crippen LogP contribution in [0.5, 0.6) is 0 Å². The van der Waals surface area contributed by atoms with Crippen molar-refractivity contribution < 1.29 is 9.53 Å². The van der Waals surface area contributed by atoms with Crippen LogP contribution in [0.3, 0.4) is 0 Å². The molecular weight excluding hydrogens is 232 g/mol. The average molecular weight is 246 g/mol. The molecule has 0 spiro atoms. The van der Waals surface area contributed by atoms with Gasteiger partial charge in [-0.3, -0.25) is 9.67 Å². The van der Waals surface area contributed by atoms with Crippen molar-refractivity contribution >= 4 is 6.09 Å². The summed E-state index contributed by atoms with van der Waals surface area (Å²) in [5.74, 6) is 0. The van der Waals surface area contributed by atoms with E-state index in [4.69, 9.17) is 0 Å². The predicted octanol–water partition coefficient (Wildman–Crippen LogP) is 1.30. The number of pyridine rings is 1. The molecule has 0 saturated carbocycles. The van der Waals surface area contributed by atoms with Crippen molar-refractivity contribution in [1.82, 2.24) is 20.1 Å². The molecule has 0 unspecified atom stereocenters. The molecule has 0 fully saturated rings. The van der Waals surface area contributed by atoms with Gasteiger partial charge in [0.2, 0.25) is 0 Å². The van der Waals surface area contributed by atoms with E-state index < -0.39 is 6.09 Å². The molecule has 0 radical (unpaired) electrons. The average Bonchev–Trinajstić information content (AvgIpc) is 2.88. The lowest BCUT2D eigenvalue weighted by Crippen LogP contribution is -2.27. The number of carbonyl (C=O) groups is 1. The molecule has 0 atom stereocenters. The van der Waals surface area contributed by atoms with Crippen molar-refractivity contribution in [2.75, 3.05) is 13.7 Å². The Morgan fingerprint density at radius 3 is 2.89 bits per heavy atom. The van der Waals surface area contributed by atoms with Crippen molar-refractivity contribution in [2.45, 2.75) is 6.54 Å². The van der Waals surface area contributed by atoms with Gasteiger partial charge in [-0.05, 0) is 18.2 Å². The van der Waals surface area contributed by atoms with Crippen molar-refractivity contribution in [3.8, 4) is 11.3 Å². The number of amides is 1. The molecular formula is C12H14N4O2. The van der Waals surface area contributed by atoms with E-state index in [9.17, 15) is 4.79 Å². The van der Waals surface area contributed by atoms with Crippen LogP contribution in [0.4, 0.5) is 4.79 Å². The molecule has 2 heterocycles. The predicted molar refractivity (Wildman–Crippen MR) is 65.9 cm³/mol. The van der Waals surface area contributed by atoms with Crippen LogP contribution in [0.2, 0.25) is 0 Å². The molecule has 6 heteroatoms. The first-order valence-corrected chi connectivity index (χ1v) is 5.55. The second-order valence-electron chi connectivity index (χ2n) is 3.62. The summed E-state index contributed by atoms with van der Waals surface area (Å²) < 4.78 is 6.25. The minimum absolute atomic E-state index is 0.434. The number of hydrogen-bond donors (Lipinski definition) is 1. The Morgan fingerprint density at radius 2 is 2.17 bits per heavy atom. The molecule has 0 saturated heterocycles. The van der Waals surface area contributed by atoms with Gasteiger partial charge >= 0.3 is 6.09 Å². The van der Waals surface area contributed by atoms with Gasteiger partial charge in [-0.15, -0.1) is 0 Å². The van der Waals surface area contributed by atoms with E-state index in [1.807, 2.05) is 24.4 Å². The fraction of sp³-hybridized carbons (Fsp3) is 0.250. The molecule has 0 aliphatic heterocycles. The number of ether oxygens (including phenoxy) is 1. The highest BCUT2D eigenvalue weighted by Crippen LogP contribution is 2.14. The van der Waals surface area contributed by atoms with Gasteiger partial charge in [-0.1, -0.05) is 0 Å². The number of hydrogen-bond acceptors (Lipinski definition) is 4. The van der Waals surface area contributed by atoms with Crippen LogP contribution in [0.1, 0.15) is 0 Å². The number of methoxy groups -OCH3 is 1. The molecule has 1 N–H and O–H groups in total. The monoisotopic (exact) mass is 246 g/mol. The third-order valence-corrected chi connectivity index (χ3v) is 2.41. The zero-order chi connectivity index (χ0) is 12.8. The van der Waals surface area contributed by atoms with Crippen molar-refractivity contribution in [3.05, 3.63) is 36.8 Å². The van der Waals surface area contributed by atoms with Gasteiger partial charge in [0.15, 0.2) is 0 Å². The van der Waals surface area contributed by atoms with Gasteiger partial charge in [0.1, 0.15) is 0 Å². The maximum Gasteiger partial charge on any atom is 0.406 e. The summed E-state index contributed by atoms with van der Waals surface area (Å²) in [6, 6.07) is 5.73. The summed E-state index contributed by atoms with van der Waals surface area (Å²) in [6.07, 6.45) is 4.89. The van der Waals surface area contributed by atoms with E-state index >= 15 is 0 Å². The third-order valence-electron chi connectivity index (χ3n) is 2.41. The molecule has 94 valence electrons. The third kappa shape index (κ3) is 3.07. The lowest BCUT2D eigenvalue weighted by Gasteiger charge is -2.03. The molecule has 0 aliphatic rings. The summed E-state index contributed by atoms with van der Waals surface area (Å²) in [7, 11) is 1.34. The second kappa shape index (κ2) is 5.81. The fourth-order valence-electron chi connectivity index (χ4n) is 1.51. The van der Waals surface area contributed by atoms with Gasteiger partial charge in [0.05, 0.1) is 19.3 Å². The minimum Gasteiger partial charge on any atom is -0.453 e. The zero-order valence-electron chi connectivity index (χ0n) is 10.0. The highest BCUT2D eigenvalue weighted by Gasteiger charge is 2.02. The normalized spacial score (nSPS) is 10.1. The van der Waals surface area contributed by atoms with Crippen LogP contribution in [-0.2, 0) is 11.3 Å². The Morgan fingerprint density at radius 1 is 1.39 bits per heavy atom. The number of nitrogens with zero attached hydrogens (tertiary/aromatic N) is 3. The van der Waals surface area contributed by atoms with E-state index in [1.165, 1.54) is 7.11 Å². The Labute approximate surface area is 105 Å². The first kappa shape index (κ1) is 12.1. The van der Waals surface area contributed by atoms with E-state index in [1.54, 1.807) is 17.1 Å². The Bertz CT molecular complexity index is 510. The molecule has 18 heavy (non-hydrogen) atoms. The first-order chi connectivity index (χ1) is 8.79. The smallest absolute Gasteiger partial charge is 0.406 e. The fourth-order valence-corrected chi connectivity index (χ4v) is 1.51. The molecule has 2 aromatic rings. The summed E-state index contributed by atoms with van der Waals surface area (Å²) in [5, 5.41) is 7.00. The van der Waals surface area contributed by atoms with Crippen molar-refractivity contribution in [3.63, 3.8) is 0 Å². The van der Waals surface area contributed by atoms with Crippen LogP contribution in [0.15, 0.2) is 36.8 Å². The zero-order valence-corrected chi connectivity index (χ0v) is 10.0. The van der Waals surface area contributed by atoms with Gasteiger partial charge in [0, 0.05) is 30.7 Å². The standard InChI is InChI=1S/C12H14N4O2/c1-18-12(17)14-7-9-16-8-4-11(15-16)10-2-5-13-6-3-10/h2-6,8H,7,9H2,1H3,(H,14,17). The maximum absolute atomic E-state index is 10.9. The number of nitrogens with one attached hydrogen (secondary N) is 1. The van der Waals surface area contributed by atoms with E-state index in [-0.39, 0.29) is 0 Å². The maximum atomic E-state index is 10.9. The topological polar surface area (TPSA) is 69.0 Å². The second-order valence-corrected chi connectivity index (χ2v) is 3.62. The lowest BCUT2D eigenvalue weighted by molar-refractivity contribution is 0.170. The molecule has 1 amide bonds. The molecule has 0 bridgehead atoms. The number of carbonyl (C=O) groups excluding carboxylic acids is 1. The van der Waals surface area contributed by atoms with Crippen LogP contribution >= 0.6 is 0 Å². The Kier molecular flexibility index (Phi) is 3.90. The van der Waals surface area contributed by atoms with E-state index in [0.29, 0.717) is 13.1 Å². The van der Waals surface area contributed by atoms with Crippen molar-refractivity contribution in [2.24, 2.45) is 0 Å². The summed E-state index contributed by atoms with van der Waals surface area (Å²) in [5.41, 5.74) is 1.90. The quantitative estimate of drug-likeness (QED) is 0.882. The van der Waals surface area contributed by atoms with Crippen LogP contribution in [0, 0.1) is 0 Å². The van der Waals surface area contributed by atoms with Crippen LogP contribution < -0.4 is 5.32 Å². The minimum atomic E-state index is -0.434. The van der Waals surface area contributed by atoms with Gasteiger partial charge in [-0.2, -0.15) is 5.10 Å². The lowest BCUT2D eigenvalue weighted by atomic mass is 10.2. The summed E-state index contributed by atoms with van der Waals surface area (Å²) in [4.78, 5) is 14.8. The van der Waals surface area contributed by atoms with E-state index in [0.717, 1.165) is 11.3 Å². The van der Waals surface area contributed by atoms with Gasteiger partial charge < -0.3 is 10.1 Å². The summed E-state index contributed by atoms with van der Waals surface area (Å²) in [6.45, 7) is 1.07. The van der Waals surface area contributed by atoms with Crippen LogP contribution in [-0.4, -0.2) is 34.5 Å². The first-order valence-electron chi connectivity index (χ1n) is 5.55. The van der Waals surface area contributed by atoms with E-state index in [2.05, 4.69) is 20.1 Å². The highest BCUT2D eigenvalue weighted by molar-refractivity contribution is 5.66. The molecule has 0 aromatic carbocycles. The highest BCUT2D eigenvalue weighted by atomic mass is 16.5. The van der Waals surface area contributed by atoms with Crippen molar-refractivity contribution in [1.29, 1.82) is 0 Å². The number of aromatic nitrogens is 3. The summed E-state index contributed by atoms with van der Waals surface area (Å²) >= 11 is 0. The Balaban J connectivity index is 1.93. The largest absolute Gasteiger partial charge is 0.453 e. The van der Waals surface area contributed by atoms with Gasteiger partial charge in [-0.25, -0.2) is 4.79 Å². The Hall–Kier alpha value is -2.37. The SMILES string of the molecule is COC(=O)NCCn1ccc(-c2ccncc2)n1. The molecule has 2 aromatic heterocycles. The van der Waals surface area contributed by atoms with Gasteiger partial charge in [0.25, 0.3) is 0 Å². The molecule has 0 aliphatic carbocycles. The van der Waals surface area contributed by atoms with Crippen LogP contribution in [0.25, 0.3) is 11.3 Å². The number of rotatable bonds is 4.